The van der Waals surface area contributed by atoms with E-state index in [1.807, 2.05) is 36.4 Å². The van der Waals surface area contributed by atoms with Gasteiger partial charge < -0.3 is 20.1 Å². The summed E-state index contributed by atoms with van der Waals surface area (Å²) >= 11 is 1.78. The summed E-state index contributed by atoms with van der Waals surface area (Å²) in [7, 11) is 1.65. The average molecular weight is 378 g/mol. The van der Waals surface area contributed by atoms with E-state index in [-0.39, 0.29) is 0 Å². The summed E-state index contributed by atoms with van der Waals surface area (Å²) in [4.78, 5) is 4.64. The smallest absolute Gasteiger partial charge is 0.119 e. The van der Waals surface area contributed by atoms with Gasteiger partial charge in [-0.2, -0.15) is 0 Å². The predicted molar refractivity (Wildman–Crippen MR) is 112 cm³/mol. The lowest BCUT2D eigenvalue weighted by atomic mass is 10.2. The third kappa shape index (κ3) is 3.89. The molecule has 138 valence electrons. The fourth-order valence-corrected chi connectivity index (χ4v) is 4.29. The van der Waals surface area contributed by atoms with Crippen molar-refractivity contribution in [1.82, 2.24) is 0 Å². The number of aliphatic hydroxyl groups excluding tert-OH is 1. The van der Waals surface area contributed by atoms with Crippen molar-refractivity contribution >= 4 is 28.8 Å². The van der Waals surface area contributed by atoms with Crippen molar-refractivity contribution in [2.24, 2.45) is 0 Å². The summed E-state index contributed by atoms with van der Waals surface area (Å²) in [6.07, 6.45) is -0.517. The molecule has 3 aromatic rings. The third-order valence-corrected chi connectivity index (χ3v) is 5.69. The van der Waals surface area contributed by atoms with E-state index < -0.39 is 6.10 Å². The van der Waals surface area contributed by atoms with Crippen molar-refractivity contribution in [1.29, 1.82) is 0 Å². The van der Waals surface area contributed by atoms with Gasteiger partial charge in [-0.25, -0.2) is 0 Å². The van der Waals surface area contributed by atoms with Crippen LogP contribution in [0.4, 0.5) is 17.1 Å². The van der Waals surface area contributed by atoms with Gasteiger partial charge in [0, 0.05) is 22.0 Å². The molecule has 1 unspecified atom stereocenters. The van der Waals surface area contributed by atoms with E-state index in [2.05, 4.69) is 46.6 Å². The molecule has 1 aliphatic rings. The van der Waals surface area contributed by atoms with Gasteiger partial charge in [-0.15, -0.1) is 0 Å². The number of β-amino-alcohol motifs (C(OH)–C–C–N with tert-alkyl or cyclic N) is 1. The highest BCUT2D eigenvalue weighted by atomic mass is 32.2. The standard InChI is InChI=1S/C22H22N2O2S/c1-26-18-12-10-16(11-13-18)23-14-17(25)15-24-19-6-2-4-8-21(19)27-22-9-5-3-7-20(22)24/h2-13,17,23,25H,14-15H2,1H3. The Morgan fingerprint density at radius 3 is 2.11 bits per heavy atom. The lowest BCUT2D eigenvalue weighted by molar-refractivity contribution is 0.195. The Morgan fingerprint density at radius 1 is 0.926 bits per heavy atom. The highest BCUT2D eigenvalue weighted by molar-refractivity contribution is 7.99. The second kappa shape index (κ2) is 7.94. The first-order valence-corrected chi connectivity index (χ1v) is 9.75. The van der Waals surface area contributed by atoms with Crippen LogP contribution < -0.4 is 15.0 Å². The van der Waals surface area contributed by atoms with Crippen molar-refractivity contribution in [3.63, 3.8) is 0 Å². The second-order valence-corrected chi connectivity index (χ2v) is 7.50. The molecule has 5 heteroatoms. The van der Waals surface area contributed by atoms with Crippen LogP contribution in [0.3, 0.4) is 0 Å². The number of para-hydroxylation sites is 2. The molecule has 1 atom stereocenters. The first-order valence-electron chi connectivity index (χ1n) is 8.94. The van der Waals surface area contributed by atoms with Crippen LogP contribution in [0.2, 0.25) is 0 Å². The number of ether oxygens (including phenoxy) is 1. The number of aliphatic hydroxyl groups is 1. The van der Waals surface area contributed by atoms with Gasteiger partial charge in [-0.1, -0.05) is 36.0 Å². The Labute approximate surface area is 163 Å². The van der Waals surface area contributed by atoms with Gasteiger partial charge in [0.1, 0.15) is 5.75 Å². The van der Waals surface area contributed by atoms with Gasteiger partial charge >= 0.3 is 0 Å². The minimum absolute atomic E-state index is 0.473. The lowest BCUT2D eigenvalue weighted by Gasteiger charge is -2.34. The highest BCUT2D eigenvalue weighted by Crippen LogP contribution is 2.47. The second-order valence-electron chi connectivity index (χ2n) is 6.41. The molecule has 0 spiro atoms. The van der Waals surface area contributed by atoms with Crippen LogP contribution in [0.1, 0.15) is 0 Å². The van der Waals surface area contributed by atoms with Crippen molar-refractivity contribution < 1.29 is 9.84 Å². The number of nitrogens with zero attached hydrogens (tertiary/aromatic N) is 1. The van der Waals surface area contributed by atoms with Crippen LogP contribution in [0.15, 0.2) is 82.6 Å². The number of hydrogen-bond donors (Lipinski definition) is 2. The van der Waals surface area contributed by atoms with Crippen molar-refractivity contribution in [2.75, 3.05) is 30.4 Å². The van der Waals surface area contributed by atoms with Gasteiger partial charge in [-0.05, 0) is 48.5 Å². The van der Waals surface area contributed by atoms with Gasteiger partial charge in [0.15, 0.2) is 0 Å². The summed E-state index contributed by atoms with van der Waals surface area (Å²) in [5.74, 6) is 0.820. The Balaban J connectivity index is 1.48. The van der Waals surface area contributed by atoms with E-state index in [4.69, 9.17) is 4.74 Å². The maximum atomic E-state index is 10.7. The van der Waals surface area contributed by atoms with Gasteiger partial charge in [0.2, 0.25) is 0 Å². The van der Waals surface area contributed by atoms with Gasteiger partial charge in [0.25, 0.3) is 0 Å². The Kier molecular flexibility index (Phi) is 5.23. The fourth-order valence-electron chi connectivity index (χ4n) is 3.20. The van der Waals surface area contributed by atoms with E-state index in [0.29, 0.717) is 13.1 Å². The van der Waals surface area contributed by atoms with Crippen LogP contribution >= 0.6 is 11.8 Å². The van der Waals surface area contributed by atoms with E-state index >= 15 is 0 Å². The topological polar surface area (TPSA) is 44.7 Å². The molecule has 1 heterocycles. The average Bonchev–Trinajstić information content (AvgIpc) is 2.72. The number of anilines is 3. The number of fused-ring (bicyclic) bond motifs is 2. The highest BCUT2D eigenvalue weighted by Gasteiger charge is 2.24. The van der Waals surface area contributed by atoms with Gasteiger partial charge in [-0.3, -0.25) is 0 Å². The molecule has 0 saturated carbocycles. The lowest BCUT2D eigenvalue weighted by Crippen LogP contribution is -2.34. The minimum Gasteiger partial charge on any atom is -0.497 e. The summed E-state index contributed by atoms with van der Waals surface area (Å²) in [5.41, 5.74) is 3.25. The van der Waals surface area contributed by atoms with Crippen molar-refractivity contribution in [2.45, 2.75) is 15.9 Å². The first-order chi connectivity index (χ1) is 13.2. The molecule has 0 amide bonds. The summed E-state index contributed by atoms with van der Waals surface area (Å²) in [6, 6.07) is 24.4. The molecule has 1 aliphatic heterocycles. The largest absolute Gasteiger partial charge is 0.497 e. The Morgan fingerprint density at radius 2 is 1.52 bits per heavy atom. The molecule has 0 aromatic heterocycles. The summed E-state index contributed by atoms with van der Waals surface area (Å²) < 4.78 is 5.18. The van der Waals surface area contributed by atoms with E-state index in [1.54, 1.807) is 18.9 Å². The number of nitrogens with one attached hydrogen (secondary N) is 1. The quantitative estimate of drug-likeness (QED) is 0.647. The minimum atomic E-state index is -0.517. The molecule has 0 fully saturated rings. The Hall–Kier alpha value is -2.63. The number of hydrogen-bond acceptors (Lipinski definition) is 5. The molecule has 4 rings (SSSR count). The molecular weight excluding hydrogens is 356 g/mol. The molecule has 2 N–H and O–H groups in total. The van der Waals surface area contributed by atoms with E-state index in [1.165, 1.54) is 9.79 Å². The zero-order valence-corrected chi connectivity index (χ0v) is 15.9. The summed E-state index contributed by atoms with van der Waals surface area (Å²) in [6.45, 7) is 0.998. The van der Waals surface area contributed by atoms with Crippen molar-refractivity contribution in [3.8, 4) is 5.75 Å². The van der Waals surface area contributed by atoms with Crippen LogP contribution in [0.25, 0.3) is 0 Å². The zero-order valence-electron chi connectivity index (χ0n) is 15.1. The predicted octanol–water partition coefficient (Wildman–Crippen LogP) is 4.77. The maximum Gasteiger partial charge on any atom is 0.119 e. The van der Waals surface area contributed by atoms with Crippen molar-refractivity contribution in [3.05, 3.63) is 72.8 Å². The number of benzene rings is 3. The number of rotatable bonds is 6. The molecule has 4 nitrogen and oxygen atoms in total. The number of methoxy groups -OCH3 is 1. The molecule has 0 radical (unpaired) electrons. The molecule has 0 aliphatic carbocycles. The third-order valence-electron chi connectivity index (χ3n) is 4.56. The molecule has 0 bridgehead atoms. The SMILES string of the molecule is COc1ccc(NCC(O)CN2c3ccccc3Sc3ccccc32)cc1. The van der Waals surface area contributed by atoms with Crippen LogP contribution in [0.5, 0.6) is 5.75 Å². The molecule has 27 heavy (non-hydrogen) atoms. The van der Waals surface area contributed by atoms with Crippen LogP contribution in [0, 0.1) is 0 Å². The fraction of sp³-hybridized carbons (Fsp3) is 0.182. The first kappa shape index (κ1) is 17.8. The Bertz CT molecular complexity index is 869. The van der Waals surface area contributed by atoms with E-state index in [0.717, 1.165) is 22.8 Å². The van der Waals surface area contributed by atoms with Crippen LogP contribution in [-0.2, 0) is 0 Å². The zero-order chi connectivity index (χ0) is 18.6. The maximum absolute atomic E-state index is 10.7. The normalized spacial score (nSPS) is 13.5. The molecule has 0 saturated heterocycles. The van der Waals surface area contributed by atoms with Gasteiger partial charge in [0.05, 0.1) is 31.1 Å². The van der Waals surface area contributed by atoms with E-state index in [9.17, 15) is 5.11 Å². The molecule has 3 aromatic carbocycles. The summed E-state index contributed by atoms with van der Waals surface area (Å²) in [5, 5.41) is 14.0. The monoisotopic (exact) mass is 378 g/mol. The molecular formula is C22H22N2O2S. The van der Waals surface area contributed by atoms with Crippen LogP contribution in [-0.4, -0.2) is 31.4 Å².